The number of halogens is 1. The summed E-state index contributed by atoms with van der Waals surface area (Å²) in [6.45, 7) is 1.13. The molecule has 1 aromatic heterocycles. The van der Waals surface area contributed by atoms with Crippen molar-refractivity contribution in [2.75, 3.05) is 20.1 Å². The van der Waals surface area contributed by atoms with Crippen molar-refractivity contribution in [3.05, 3.63) is 18.0 Å². The molecule has 1 unspecified atom stereocenters. The zero-order chi connectivity index (χ0) is 14.9. The number of hydrogen-bond donors (Lipinski definition) is 2. The normalized spacial score (nSPS) is 19.4. The lowest BCUT2D eigenvalue weighted by Crippen LogP contribution is -2.40. The van der Waals surface area contributed by atoms with Crippen molar-refractivity contribution in [1.29, 1.82) is 0 Å². The van der Waals surface area contributed by atoms with Gasteiger partial charge in [0.05, 0.1) is 0 Å². The fourth-order valence-corrected chi connectivity index (χ4v) is 4.39. The summed E-state index contributed by atoms with van der Waals surface area (Å²) in [6.07, 6.45) is 3.13. The highest BCUT2D eigenvalue weighted by molar-refractivity contribution is 7.89. The Balaban J connectivity index is 0.00000220. The SMILES string of the molecule is CNCC1CCCN1S(=O)(=O)c1cc(C(N)=O)n(C)c1.Cl. The predicted molar refractivity (Wildman–Crippen MR) is 82.0 cm³/mol. The second-order valence-electron chi connectivity index (χ2n) is 5.01. The number of carbonyl (C=O) groups excluding carboxylic acids is 1. The molecule has 1 fully saturated rings. The van der Waals surface area contributed by atoms with Crippen molar-refractivity contribution >= 4 is 28.3 Å². The first-order valence-corrected chi connectivity index (χ1v) is 7.94. The summed E-state index contributed by atoms with van der Waals surface area (Å²) < 4.78 is 28.2. The molecule has 0 aromatic carbocycles. The van der Waals surface area contributed by atoms with Crippen LogP contribution in [0.2, 0.25) is 0 Å². The lowest BCUT2D eigenvalue weighted by Gasteiger charge is -2.23. The molecule has 120 valence electrons. The van der Waals surface area contributed by atoms with E-state index in [1.165, 1.54) is 21.1 Å². The van der Waals surface area contributed by atoms with Gasteiger partial charge < -0.3 is 15.6 Å². The molecule has 0 bridgehead atoms. The molecule has 2 rings (SSSR count). The monoisotopic (exact) mass is 336 g/mol. The van der Waals surface area contributed by atoms with E-state index < -0.39 is 15.9 Å². The maximum absolute atomic E-state index is 12.6. The fraction of sp³-hybridized carbons (Fsp3) is 0.583. The lowest BCUT2D eigenvalue weighted by molar-refractivity contribution is 0.0992. The summed E-state index contributed by atoms with van der Waals surface area (Å²) in [5.41, 5.74) is 5.41. The average molecular weight is 337 g/mol. The molecule has 9 heteroatoms. The minimum absolute atomic E-state index is 0. The Morgan fingerprint density at radius 1 is 1.52 bits per heavy atom. The predicted octanol–water partition coefficient (Wildman–Crippen LogP) is -0.0817. The van der Waals surface area contributed by atoms with Crippen molar-refractivity contribution in [2.24, 2.45) is 12.8 Å². The first-order chi connectivity index (χ1) is 9.37. The first kappa shape index (κ1) is 18.0. The van der Waals surface area contributed by atoms with Crippen LogP contribution in [0.25, 0.3) is 0 Å². The summed E-state index contributed by atoms with van der Waals surface area (Å²) in [5, 5.41) is 3.01. The van der Waals surface area contributed by atoms with E-state index in [1.54, 1.807) is 14.1 Å². The third kappa shape index (κ3) is 3.39. The maximum Gasteiger partial charge on any atom is 0.265 e. The largest absolute Gasteiger partial charge is 0.364 e. The highest BCUT2D eigenvalue weighted by Gasteiger charge is 2.35. The van der Waals surface area contributed by atoms with E-state index in [0.29, 0.717) is 13.1 Å². The van der Waals surface area contributed by atoms with Crippen LogP contribution in [0.5, 0.6) is 0 Å². The third-order valence-electron chi connectivity index (χ3n) is 3.60. The van der Waals surface area contributed by atoms with Crippen molar-refractivity contribution in [3.63, 3.8) is 0 Å². The number of aromatic nitrogens is 1. The number of amides is 1. The van der Waals surface area contributed by atoms with Gasteiger partial charge >= 0.3 is 0 Å². The molecule has 21 heavy (non-hydrogen) atoms. The molecule has 1 aromatic rings. The van der Waals surface area contributed by atoms with Crippen LogP contribution in [-0.2, 0) is 17.1 Å². The molecule has 1 aliphatic heterocycles. The van der Waals surface area contributed by atoms with Crippen molar-refractivity contribution < 1.29 is 13.2 Å². The van der Waals surface area contributed by atoms with Gasteiger partial charge in [-0.1, -0.05) is 0 Å². The number of aryl methyl sites for hydroxylation is 1. The first-order valence-electron chi connectivity index (χ1n) is 6.50. The topological polar surface area (TPSA) is 97.4 Å². The Labute approximate surface area is 130 Å². The molecule has 0 aliphatic carbocycles. The van der Waals surface area contributed by atoms with E-state index in [2.05, 4.69) is 5.32 Å². The molecule has 0 radical (unpaired) electrons. The molecule has 1 saturated heterocycles. The van der Waals surface area contributed by atoms with E-state index >= 15 is 0 Å². The van der Waals surface area contributed by atoms with E-state index in [-0.39, 0.29) is 29.0 Å². The molecule has 1 aliphatic rings. The van der Waals surface area contributed by atoms with Crippen LogP contribution in [0.15, 0.2) is 17.2 Å². The van der Waals surface area contributed by atoms with Crippen LogP contribution in [-0.4, -0.2) is 49.4 Å². The van der Waals surface area contributed by atoms with Gasteiger partial charge in [0.25, 0.3) is 5.91 Å². The maximum atomic E-state index is 12.6. The lowest BCUT2D eigenvalue weighted by atomic mass is 10.2. The summed E-state index contributed by atoms with van der Waals surface area (Å²) >= 11 is 0. The number of primary amides is 1. The molecule has 1 amide bonds. The second-order valence-corrected chi connectivity index (χ2v) is 6.90. The van der Waals surface area contributed by atoms with Gasteiger partial charge in [-0.3, -0.25) is 4.79 Å². The van der Waals surface area contributed by atoms with Gasteiger partial charge in [0, 0.05) is 32.4 Å². The number of rotatable bonds is 5. The Hall–Kier alpha value is -1.09. The van der Waals surface area contributed by atoms with Crippen LogP contribution < -0.4 is 11.1 Å². The van der Waals surface area contributed by atoms with Gasteiger partial charge in [-0.05, 0) is 26.0 Å². The number of nitrogens with one attached hydrogen (secondary N) is 1. The van der Waals surface area contributed by atoms with Crippen molar-refractivity contribution in [1.82, 2.24) is 14.2 Å². The van der Waals surface area contributed by atoms with Crippen LogP contribution >= 0.6 is 12.4 Å². The van der Waals surface area contributed by atoms with Crippen molar-refractivity contribution in [2.45, 2.75) is 23.8 Å². The van der Waals surface area contributed by atoms with E-state index in [4.69, 9.17) is 5.73 Å². The van der Waals surface area contributed by atoms with Crippen LogP contribution in [0.4, 0.5) is 0 Å². The number of carbonyl (C=O) groups is 1. The summed E-state index contributed by atoms with van der Waals surface area (Å²) in [5.74, 6) is -0.637. The molecule has 2 heterocycles. The second kappa shape index (κ2) is 6.78. The summed E-state index contributed by atoms with van der Waals surface area (Å²) in [7, 11) is -0.173. The summed E-state index contributed by atoms with van der Waals surface area (Å²) in [6, 6.07) is 1.30. The minimum atomic E-state index is -3.58. The number of nitrogens with two attached hydrogens (primary N) is 1. The average Bonchev–Trinajstić information content (AvgIpc) is 2.96. The molecular weight excluding hydrogens is 316 g/mol. The molecule has 0 saturated carbocycles. The van der Waals surface area contributed by atoms with Crippen molar-refractivity contribution in [3.8, 4) is 0 Å². The smallest absolute Gasteiger partial charge is 0.265 e. The van der Waals surface area contributed by atoms with Crippen LogP contribution in [0.1, 0.15) is 23.3 Å². The molecule has 0 spiro atoms. The molecular formula is C12H21ClN4O3S. The fourth-order valence-electron chi connectivity index (χ4n) is 2.62. The molecule has 7 nitrogen and oxygen atoms in total. The third-order valence-corrected chi connectivity index (χ3v) is 5.52. The Morgan fingerprint density at radius 2 is 2.19 bits per heavy atom. The number of nitrogens with zero attached hydrogens (tertiary/aromatic N) is 2. The minimum Gasteiger partial charge on any atom is -0.364 e. The van der Waals surface area contributed by atoms with Crippen LogP contribution in [0, 0.1) is 0 Å². The van der Waals surface area contributed by atoms with Gasteiger partial charge in [-0.15, -0.1) is 12.4 Å². The Bertz CT molecular complexity index is 614. The zero-order valence-corrected chi connectivity index (χ0v) is 13.7. The summed E-state index contributed by atoms with van der Waals surface area (Å²) in [4.78, 5) is 11.4. The van der Waals surface area contributed by atoms with Gasteiger partial charge in [0.2, 0.25) is 10.0 Å². The standard InChI is InChI=1S/C12H20N4O3S.ClH/c1-14-7-9-4-3-5-16(9)20(18,19)10-6-11(12(13)17)15(2)8-10;/h6,8-9,14H,3-5,7H2,1-2H3,(H2,13,17);1H. The van der Waals surface area contributed by atoms with E-state index in [1.807, 2.05) is 0 Å². The Morgan fingerprint density at radius 3 is 2.71 bits per heavy atom. The van der Waals surface area contributed by atoms with E-state index in [0.717, 1.165) is 12.8 Å². The van der Waals surface area contributed by atoms with Gasteiger partial charge in [0.15, 0.2) is 0 Å². The highest BCUT2D eigenvalue weighted by Crippen LogP contribution is 2.26. The van der Waals surface area contributed by atoms with E-state index in [9.17, 15) is 13.2 Å². The number of sulfonamides is 1. The van der Waals surface area contributed by atoms with Gasteiger partial charge in [-0.2, -0.15) is 4.31 Å². The molecule has 1 atom stereocenters. The quantitative estimate of drug-likeness (QED) is 0.785. The zero-order valence-electron chi connectivity index (χ0n) is 12.1. The number of hydrogen-bond acceptors (Lipinski definition) is 4. The Kier molecular flexibility index (Phi) is 5.80. The van der Waals surface area contributed by atoms with Crippen LogP contribution in [0.3, 0.4) is 0 Å². The highest BCUT2D eigenvalue weighted by atomic mass is 35.5. The van der Waals surface area contributed by atoms with Gasteiger partial charge in [0.1, 0.15) is 10.6 Å². The van der Waals surface area contributed by atoms with Gasteiger partial charge in [-0.25, -0.2) is 8.42 Å². The molecule has 3 N–H and O–H groups in total. The number of likely N-dealkylation sites (N-methyl/N-ethyl adjacent to an activating group) is 1.